The average Bonchev–Trinajstić information content (AvgIpc) is 3.44. The Bertz CT molecular complexity index is 958. The SMILES string of the molecule is O=C1[C@@H]2CC3C[C@H]1CC(OCc1c(-c4c(Cl)cccc4Cl)noc1C1CC1)(C3)C2. The number of halogens is 2. The molecule has 152 valence electrons. The predicted molar refractivity (Wildman–Crippen MR) is 110 cm³/mol. The van der Waals surface area contributed by atoms with E-state index in [0.717, 1.165) is 56.3 Å². The van der Waals surface area contributed by atoms with Gasteiger partial charge in [-0.15, -0.1) is 0 Å². The number of carbonyl (C=O) groups is 1. The predicted octanol–water partition coefficient (Wildman–Crippen LogP) is 6.19. The van der Waals surface area contributed by atoms with Gasteiger partial charge in [0.05, 0.1) is 22.3 Å². The van der Waals surface area contributed by atoms with Gasteiger partial charge < -0.3 is 9.26 Å². The van der Waals surface area contributed by atoms with Crippen LogP contribution in [0.1, 0.15) is 62.2 Å². The van der Waals surface area contributed by atoms with Crippen molar-refractivity contribution in [2.45, 2.75) is 63.1 Å². The van der Waals surface area contributed by atoms with E-state index >= 15 is 0 Å². The minimum absolute atomic E-state index is 0.177. The smallest absolute Gasteiger partial charge is 0.145 e. The molecule has 4 bridgehead atoms. The number of aromatic nitrogens is 1. The highest BCUT2D eigenvalue weighted by molar-refractivity contribution is 6.39. The van der Waals surface area contributed by atoms with E-state index in [1.807, 2.05) is 18.2 Å². The Kier molecular flexibility index (Phi) is 4.17. The summed E-state index contributed by atoms with van der Waals surface area (Å²) < 4.78 is 12.4. The highest BCUT2D eigenvalue weighted by Gasteiger charge is 2.56. The summed E-state index contributed by atoms with van der Waals surface area (Å²) in [5.74, 6) is 2.83. The second-order valence-electron chi connectivity index (χ2n) is 9.46. The van der Waals surface area contributed by atoms with Crippen LogP contribution in [0.5, 0.6) is 0 Å². The van der Waals surface area contributed by atoms with Crippen molar-refractivity contribution in [1.29, 1.82) is 0 Å². The van der Waals surface area contributed by atoms with Crippen molar-refractivity contribution < 1.29 is 14.1 Å². The second-order valence-corrected chi connectivity index (χ2v) is 10.3. The maximum atomic E-state index is 12.5. The molecule has 5 fully saturated rings. The number of ketones is 1. The molecule has 29 heavy (non-hydrogen) atoms. The van der Waals surface area contributed by atoms with Crippen molar-refractivity contribution in [2.75, 3.05) is 0 Å². The first-order chi connectivity index (χ1) is 14.0. The van der Waals surface area contributed by atoms with E-state index in [2.05, 4.69) is 5.16 Å². The topological polar surface area (TPSA) is 52.3 Å². The number of rotatable bonds is 5. The van der Waals surface area contributed by atoms with E-state index < -0.39 is 0 Å². The molecule has 0 amide bonds. The van der Waals surface area contributed by atoms with E-state index in [0.29, 0.717) is 45.5 Å². The van der Waals surface area contributed by atoms with Gasteiger partial charge in [-0.1, -0.05) is 34.4 Å². The first-order valence-corrected chi connectivity index (χ1v) is 11.4. The van der Waals surface area contributed by atoms with Gasteiger partial charge in [0.15, 0.2) is 0 Å². The molecular weight excluding hydrogens is 409 g/mol. The van der Waals surface area contributed by atoms with Crippen LogP contribution in [0.25, 0.3) is 11.3 Å². The Hall–Kier alpha value is -1.36. The Morgan fingerprint density at radius 2 is 1.76 bits per heavy atom. The largest absolute Gasteiger partial charge is 0.370 e. The summed E-state index contributed by atoms with van der Waals surface area (Å²) in [6.07, 6.45) is 7.14. The van der Waals surface area contributed by atoms with Gasteiger partial charge in [0.25, 0.3) is 0 Å². The van der Waals surface area contributed by atoms with Crippen molar-refractivity contribution >= 4 is 29.0 Å². The zero-order valence-corrected chi connectivity index (χ0v) is 17.6. The van der Waals surface area contributed by atoms with Crippen molar-refractivity contribution in [3.05, 3.63) is 39.6 Å². The molecule has 2 unspecified atom stereocenters. The highest BCUT2D eigenvalue weighted by atomic mass is 35.5. The van der Waals surface area contributed by atoms with Crippen LogP contribution in [0.2, 0.25) is 10.0 Å². The van der Waals surface area contributed by atoms with E-state index in [1.54, 1.807) is 0 Å². The lowest BCUT2D eigenvalue weighted by Crippen LogP contribution is -2.56. The highest BCUT2D eigenvalue weighted by Crippen LogP contribution is 2.56. The number of hydrogen-bond donors (Lipinski definition) is 0. The monoisotopic (exact) mass is 431 g/mol. The van der Waals surface area contributed by atoms with Gasteiger partial charge in [0, 0.05) is 28.9 Å². The molecule has 1 aromatic heterocycles. The molecule has 5 saturated carbocycles. The first kappa shape index (κ1) is 18.4. The number of ether oxygens (including phenoxy) is 1. The Balaban J connectivity index is 1.33. The summed E-state index contributed by atoms with van der Waals surface area (Å²) in [5, 5.41) is 5.50. The maximum absolute atomic E-state index is 12.5. The summed E-state index contributed by atoms with van der Waals surface area (Å²) >= 11 is 12.9. The Morgan fingerprint density at radius 3 is 2.41 bits per heavy atom. The minimum Gasteiger partial charge on any atom is -0.370 e. The number of carbonyl (C=O) groups excluding carboxylic acids is 1. The van der Waals surface area contributed by atoms with Crippen LogP contribution < -0.4 is 0 Å². The van der Waals surface area contributed by atoms with Gasteiger partial charge in [-0.05, 0) is 63.0 Å². The normalized spacial score (nSPS) is 32.9. The van der Waals surface area contributed by atoms with Crippen LogP contribution >= 0.6 is 23.2 Å². The lowest BCUT2D eigenvalue weighted by atomic mass is 9.53. The molecular formula is C23H23Cl2NO3. The van der Waals surface area contributed by atoms with Gasteiger partial charge in [0.2, 0.25) is 0 Å². The van der Waals surface area contributed by atoms with E-state index in [4.69, 9.17) is 32.5 Å². The molecule has 0 N–H and O–H groups in total. The zero-order chi connectivity index (χ0) is 19.8. The van der Waals surface area contributed by atoms with Crippen molar-refractivity contribution in [1.82, 2.24) is 5.16 Å². The first-order valence-electron chi connectivity index (χ1n) is 10.6. The average molecular weight is 432 g/mol. The third-order valence-corrected chi connectivity index (χ3v) is 8.06. The molecule has 4 nitrogen and oxygen atoms in total. The van der Waals surface area contributed by atoms with E-state index in [1.165, 1.54) is 0 Å². The molecule has 5 aliphatic carbocycles. The number of hydrogen-bond acceptors (Lipinski definition) is 4. The fourth-order valence-corrected chi connectivity index (χ4v) is 6.70. The molecule has 0 spiro atoms. The van der Waals surface area contributed by atoms with Crippen molar-refractivity contribution in [2.24, 2.45) is 17.8 Å². The van der Waals surface area contributed by atoms with E-state index in [9.17, 15) is 4.79 Å². The molecule has 0 aliphatic heterocycles. The van der Waals surface area contributed by atoms with Gasteiger partial charge in [-0.3, -0.25) is 4.79 Å². The summed E-state index contributed by atoms with van der Waals surface area (Å²) in [4.78, 5) is 12.5. The number of Topliss-reactive ketones (excluding diaryl/α,β-unsaturated/α-hetero) is 1. The number of benzene rings is 1. The molecule has 1 heterocycles. The zero-order valence-electron chi connectivity index (χ0n) is 16.1. The fraction of sp³-hybridized carbons (Fsp3) is 0.565. The fourth-order valence-electron chi connectivity index (χ4n) is 6.13. The summed E-state index contributed by atoms with van der Waals surface area (Å²) in [5.41, 5.74) is 2.21. The van der Waals surface area contributed by atoms with Crippen molar-refractivity contribution in [3.8, 4) is 11.3 Å². The van der Waals surface area contributed by atoms with Gasteiger partial charge >= 0.3 is 0 Å². The molecule has 0 saturated heterocycles. The van der Waals surface area contributed by atoms with Crippen molar-refractivity contribution in [3.63, 3.8) is 0 Å². The molecule has 5 aliphatic rings. The van der Waals surface area contributed by atoms with Gasteiger partial charge in [-0.2, -0.15) is 0 Å². The van der Waals surface area contributed by atoms with Crippen LogP contribution in [0.15, 0.2) is 22.7 Å². The van der Waals surface area contributed by atoms with Crippen LogP contribution in [0, 0.1) is 17.8 Å². The van der Waals surface area contributed by atoms with Crippen LogP contribution in [0.4, 0.5) is 0 Å². The second kappa shape index (κ2) is 6.57. The molecule has 6 heteroatoms. The Morgan fingerprint density at radius 1 is 1.07 bits per heavy atom. The summed E-state index contributed by atoms with van der Waals surface area (Å²) in [7, 11) is 0. The van der Waals surface area contributed by atoms with Crippen LogP contribution in [-0.4, -0.2) is 16.5 Å². The molecule has 2 aromatic rings. The van der Waals surface area contributed by atoms with E-state index in [-0.39, 0.29) is 17.4 Å². The molecule has 0 radical (unpaired) electrons. The quantitative estimate of drug-likeness (QED) is 0.565. The molecule has 7 rings (SSSR count). The summed E-state index contributed by atoms with van der Waals surface area (Å²) in [6.45, 7) is 0.437. The maximum Gasteiger partial charge on any atom is 0.145 e. The van der Waals surface area contributed by atoms with Crippen LogP contribution in [-0.2, 0) is 16.1 Å². The Labute approximate surface area is 179 Å². The van der Waals surface area contributed by atoms with Gasteiger partial charge in [0.1, 0.15) is 17.2 Å². The standard InChI is InChI=1S/C23H23Cl2NO3/c24-17-2-1-3-18(25)19(17)20-16(22(29-26-20)13-4-5-13)11-28-23-8-12-6-14(9-23)21(27)15(7-12)10-23/h1-3,12-15H,4-11H2/t12?,14-,15+,23?. The lowest BCUT2D eigenvalue weighted by molar-refractivity contribution is -0.179. The molecule has 4 atom stereocenters. The lowest BCUT2D eigenvalue weighted by Gasteiger charge is -2.55. The number of nitrogens with zero attached hydrogens (tertiary/aromatic N) is 1. The summed E-state index contributed by atoms with van der Waals surface area (Å²) in [6, 6.07) is 5.48. The van der Waals surface area contributed by atoms with Crippen LogP contribution in [0.3, 0.4) is 0 Å². The third-order valence-electron chi connectivity index (χ3n) is 7.43. The van der Waals surface area contributed by atoms with Gasteiger partial charge in [-0.25, -0.2) is 0 Å². The minimum atomic E-state index is -0.177. The molecule has 1 aromatic carbocycles. The third kappa shape index (κ3) is 2.98.